The van der Waals surface area contributed by atoms with E-state index in [1.807, 2.05) is 19.4 Å². The van der Waals surface area contributed by atoms with Gasteiger partial charge in [0, 0.05) is 44.3 Å². The maximum Gasteiger partial charge on any atom is 0.109 e. The first kappa shape index (κ1) is 11.9. The quantitative estimate of drug-likeness (QED) is 0.735. The highest BCUT2D eigenvalue weighted by atomic mass is 35.5. The van der Waals surface area contributed by atoms with Crippen LogP contribution in [0.15, 0.2) is 12.4 Å². The second-order valence-electron chi connectivity index (χ2n) is 4.90. The summed E-state index contributed by atoms with van der Waals surface area (Å²) in [6.45, 7) is 2.25. The number of rotatable bonds is 5. The summed E-state index contributed by atoms with van der Waals surface area (Å²) in [6, 6.07) is 0. The minimum atomic E-state index is 0.438. The maximum atomic E-state index is 5.97. The standard InChI is InChI=1S/C12H20ClN3/c1-15(9-10-7-11(13)8-10)5-3-12-14-4-6-16(12)2/h4,6,10-11H,3,5,7-9H2,1-2H3. The van der Waals surface area contributed by atoms with Crippen molar-refractivity contribution in [1.29, 1.82) is 0 Å². The Morgan fingerprint density at radius 1 is 1.56 bits per heavy atom. The monoisotopic (exact) mass is 241 g/mol. The molecular formula is C12H20ClN3. The molecule has 90 valence electrons. The third kappa shape index (κ3) is 2.98. The Hall–Kier alpha value is -0.540. The molecule has 0 radical (unpaired) electrons. The summed E-state index contributed by atoms with van der Waals surface area (Å²) >= 11 is 5.97. The molecular weight excluding hydrogens is 222 g/mol. The zero-order valence-electron chi connectivity index (χ0n) is 10.1. The number of aromatic nitrogens is 2. The van der Waals surface area contributed by atoms with Crippen molar-refractivity contribution in [3.63, 3.8) is 0 Å². The van der Waals surface area contributed by atoms with Crippen molar-refractivity contribution >= 4 is 11.6 Å². The number of hydrogen-bond acceptors (Lipinski definition) is 2. The Kier molecular flexibility index (Phi) is 3.87. The smallest absolute Gasteiger partial charge is 0.109 e. The van der Waals surface area contributed by atoms with Gasteiger partial charge in [-0.15, -0.1) is 11.6 Å². The van der Waals surface area contributed by atoms with Crippen molar-refractivity contribution in [2.75, 3.05) is 20.1 Å². The van der Waals surface area contributed by atoms with Crippen molar-refractivity contribution in [3.8, 4) is 0 Å². The molecule has 0 aliphatic heterocycles. The Labute approximate surface area is 102 Å². The van der Waals surface area contributed by atoms with Crippen LogP contribution in [0, 0.1) is 5.92 Å². The highest BCUT2D eigenvalue weighted by Gasteiger charge is 2.27. The number of aryl methyl sites for hydroxylation is 1. The second-order valence-corrected chi connectivity index (χ2v) is 5.52. The highest BCUT2D eigenvalue weighted by Crippen LogP contribution is 2.32. The second kappa shape index (κ2) is 5.19. The fourth-order valence-electron chi connectivity index (χ4n) is 2.26. The van der Waals surface area contributed by atoms with Crippen LogP contribution in [0.5, 0.6) is 0 Å². The van der Waals surface area contributed by atoms with Gasteiger partial charge in [-0.1, -0.05) is 0 Å². The number of hydrogen-bond donors (Lipinski definition) is 0. The van der Waals surface area contributed by atoms with Crippen molar-refractivity contribution in [2.24, 2.45) is 13.0 Å². The van der Waals surface area contributed by atoms with Gasteiger partial charge in [0.2, 0.25) is 0 Å². The van der Waals surface area contributed by atoms with E-state index in [4.69, 9.17) is 11.6 Å². The van der Waals surface area contributed by atoms with Crippen LogP contribution in [0.2, 0.25) is 0 Å². The highest BCUT2D eigenvalue weighted by molar-refractivity contribution is 6.21. The Balaban J connectivity index is 1.68. The topological polar surface area (TPSA) is 21.1 Å². The zero-order chi connectivity index (χ0) is 11.5. The first-order valence-electron chi connectivity index (χ1n) is 5.94. The van der Waals surface area contributed by atoms with Gasteiger partial charge in [-0.05, 0) is 25.8 Å². The number of alkyl halides is 1. The lowest BCUT2D eigenvalue weighted by Crippen LogP contribution is -2.35. The van der Waals surface area contributed by atoms with Gasteiger partial charge in [0.25, 0.3) is 0 Å². The van der Waals surface area contributed by atoms with Crippen LogP contribution in [-0.4, -0.2) is 40.0 Å². The van der Waals surface area contributed by atoms with E-state index < -0.39 is 0 Å². The van der Waals surface area contributed by atoms with Gasteiger partial charge >= 0.3 is 0 Å². The molecule has 0 N–H and O–H groups in total. The Morgan fingerprint density at radius 3 is 2.88 bits per heavy atom. The van der Waals surface area contributed by atoms with Gasteiger partial charge in [0.1, 0.15) is 5.82 Å². The molecule has 1 aromatic heterocycles. The van der Waals surface area contributed by atoms with E-state index in [9.17, 15) is 0 Å². The summed E-state index contributed by atoms with van der Waals surface area (Å²) in [5, 5.41) is 0.438. The minimum absolute atomic E-state index is 0.438. The van der Waals surface area contributed by atoms with Gasteiger partial charge in [0.05, 0.1) is 0 Å². The predicted octanol–water partition coefficient (Wildman–Crippen LogP) is 1.91. The SMILES string of the molecule is CN(CCc1nccn1C)CC1CC(Cl)C1. The molecule has 1 aliphatic carbocycles. The average Bonchev–Trinajstić information content (AvgIpc) is 2.59. The summed E-state index contributed by atoms with van der Waals surface area (Å²) in [7, 11) is 4.23. The predicted molar refractivity (Wildman–Crippen MR) is 66.8 cm³/mol. The van der Waals surface area contributed by atoms with E-state index >= 15 is 0 Å². The van der Waals surface area contributed by atoms with Gasteiger partial charge in [-0.25, -0.2) is 4.98 Å². The Bertz CT molecular complexity index is 331. The molecule has 16 heavy (non-hydrogen) atoms. The fraction of sp³-hybridized carbons (Fsp3) is 0.750. The first-order valence-corrected chi connectivity index (χ1v) is 6.37. The molecule has 1 aliphatic rings. The lowest BCUT2D eigenvalue weighted by Gasteiger charge is -2.34. The van der Waals surface area contributed by atoms with Gasteiger partial charge in [0.15, 0.2) is 0 Å². The molecule has 3 nitrogen and oxygen atoms in total. The summed E-state index contributed by atoms with van der Waals surface area (Å²) in [6.07, 6.45) is 7.26. The van der Waals surface area contributed by atoms with Gasteiger partial charge in [-0.2, -0.15) is 0 Å². The summed E-state index contributed by atoms with van der Waals surface area (Å²) in [4.78, 5) is 6.72. The van der Waals surface area contributed by atoms with Crippen molar-refractivity contribution in [3.05, 3.63) is 18.2 Å². The molecule has 4 heteroatoms. The van der Waals surface area contributed by atoms with Crippen LogP contribution >= 0.6 is 11.6 Å². The van der Waals surface area contributed by atoms with Crippen molar-refractivity contribution < 1.29 is 0 Å². The van der Waals surface area contributed by atoms with Crippen LogP contribution in [0.4, 0.5) is 0 Å². The number of nitrogens with zero attached hydrogens (tertiary/aromatic N) is 3. The first-order chi connectivity index (χ1) is 7.65. The van der Waals surface area contributed by atoms with E-state index in [0.29, 0.717) is 5.38 Å². The molecule has 0 bridgehead atoms. The molecule has 0 spiro atoms. The third-order valence-electron chi connectivity index (χ3n) is 3.39. The van der Waals surface area contributed by atoms with Gasteiger partial charge < -0.3 is 9.47 Å². The van der Waals surface area contributed by atoms with Crippen LogP contribution in [0.3, 0.4) is 0 Å². The number of imidazole rings is 1. The summed E-state index contributed by atoms with van der Waals surface area (Å²) in [5.74, 6) is 1.98. The molecule has 0 aromatic carbocycles. The molecule has 0 atom stereocenters. The lowest BCUT2D eigenvalue weighted by atomic mass is 9.84. The minimum Gasteiger partial charge on any atom is -0.338 e. The van der Waals surface area contributed by atoms with E-state index in [1.54, 1.807) is 0 Å². The van der Waals surface area contributed by atoms with Gasteiger partial charge in [-0.3, -0.25) is 0 Å². The van der Waals surface area contributed by atoms with E-state index in [2.05, 4.69) is 21.5 Å². The van der Waals surface area contributed by atoms with Crippen LogP contribution < -0.4 is 0 Å². The normalized spacial score (nSPS) is 24.8. The third-order valence-corrected chi connectivity index (χ3v) is 3.74. The Morgan fingerprint density at radius 2 is 2.31 bits per heavy atom. The molecule has 0 unspecified atom stereocenters. The maximum absolute atomic E-state index is 5.97. The molecule has 0 saturated heterocycles. The average molecular weight is 242 g/mol. The molecule has 0 amide bonds. The molecule has 1 aromatic rings. The summed E-state index contributed by atoms with van der Waals surface area (Å²) < 4.78 is 2.09. The largest absolute Gasteiger partial charge is 0.338 e. The van der Waals surface area contributed by atoms with E-state index in [0.717, 1.165) is 24.7 Å². The lowest BCUT2D eigenvalue weighted by molar-refractivity contribution is 0.210. The number of likely N-dealkylation sites (N-methyl/N-ethyl adjacent to an activating group) is 1. The van der Waals surface area contributed by atoms with Crippen molar-refractivity contribution in [1.82, 2.24) is 14.5 Å². The molecule has 1 fully saturated rings. The molecule has 1 heterocycles. The molecule has 2 rings (SSSR count). The van der Waals surface area contributed by atoms with E-state index in [-0.39, 0.29) is 0 Å². The number of halogens is 1. The molecule has 1 saturated carbocycles. The summed E-state index contributed by atoms with van der Waals surface area (Å²) in [5.41, 5.74) is 0. The van der Waals surface area contributed by atoms with E-state index in [1.165, 1.54) is 19.4 Å². The fourth-order valence-corrected chi connectivity index (χ4v) is 2.77. The van der Waals surface area contributed by atoms with Crippen molar-refractivity contribution in [2.45, 2.75) is 24.6 Å². The van der Waals surface area contributed by atoms with Crippen LogP contribution in [0.1, 0.15) is 18.7 Å². The van der Waals surface area contributed by atoms with Crippen LogP contribution in [-0.2, 0) is 13.5 Å². The van der Waals surface area contributed by atoms with Crippen LogP contribution in [0.25, 0.3) is 0 Å². The zero-order valence-corrected chi connectivity index (χ0v) is 10.8.